The van der Waals surface area contributed by atoms with Crippen molar-refractivity contribution in [2.45, 2.75) is 84.7 Å². The Labute approximate surface area is 126 Å². The number of carbonyl (C=O) groups is 1. The van der Waals surface area contributed by atoms with Crippen LogP contribution in [-0.4, -0.2) is 31.9 Å². The van der Waals surface area contributed by atoms with Gasteiger partial charge in [-0.15, -0.1) is 0 Å². The first kappa shape index (κ1) is 19.8. The highest BCUT2D eigenvalue weighted by molar-refractivity contribution is 6.73. The normalized spacial score (nSPS) is 18.4. The minimum Gasteiger partial charge on any atom is -0.414 e. The quantitative estimate of drug-likeness (QED) is 0.463. The Balaban J connectivity index is 4.98. The van der Waals surface area contributed by atoms with Gasteiger partial charge in [0, 0.05) is 11.8 Å². The highest BCUT2D eigenvalue weighted by atomic mass is 28.4. The molecule has 0 aliphatic rings. The lowest BCUT2D eigenvalue weighted by molar-refractivity contribution is -0.115. The summed E-state index contributed by atoms with van der Waals surface area (Å²) in [4.78, 5) is 10.9. The van der Waals surface area contributed by atoms with Crippen molar-refractivity contribution in [1.82, 2.24) is 0 Å². The summed E-state index contributed by atoms with van der Waals surface area (Å²) in [5.74, 6) is -0.319. The average molecular weight is 303 g/mol. The predicted molar refractivity (Wildman–Crippen MR) is 87.4 cm³/mol. The van der Waals surface area contributed by atoms with Crippen LogP contribution in [0.15, 0.2) is 0 Å². The van der Waals surface area contributed by atoms with E-state index in [9.17, 15) is 9.90 Å². The summed E-state index contributed by atoms with van der Waals surface area (Å²) < 4.78 is 6.57. The third-order valence-corrected chi connectivity index (χ3v) is 9.45. The van der Waals surface area contributed by atoms with Crippen LogP contribution in [0.4, 0.5) is 0 Å². The Bertz CT molecular complexity index is 258. The van der Waals surface area contributed by atoms with Crippen molar-refractivity contribution in [2.24, 2.45) is 11.8 Å². The van der Waals surface area contributed by atoms with Gasteiger partial charge in [-0.3, -0.25) is 0 Å². The van der Waals surface area contributed by atoms with E-state index in [1.807, 2.05) is 6.92 Å². The summed E-state index contributed by atoms with van der Waals surface area (Å²) in [7, 11) is -1.67. The zero-order valence-electron chi connectivity index (χ0n) is 14.2. The molecule has 120 valence electrons. The highest BCUT2D eigenvalue weighted by Gasteiger charge is 2.36. The van der Waals surface area contributed by atoms with Crippen LogP contribution in [0, 0.1) is 11.8 Å². The number of hydrogen-bond donors (Lipinski definition) is 1. The number of rotatable bonds is 11. The van der Waals surface area contributed by atoms with E-state index in [1.165, 1.54) is 0 Å². The maximum absolute atomic E-state index is 10.9. The third-order valence-electron chi connectivity index (χ3n) is 4.79. The fourth-order valence-corrected chi connectivity index (χ4v) is 5.79. The van der Waals surface area contributed by atoms with Gasteiger partial charge in [-0.05, 0) is 24.6 Å². The largest absolute Gasteiger partial charge is 0.414 e. The Hall–Kier alpha value is -0.193. The van der Waals surface area contributed by atoms with Crippen molar-refractivity contribution in [3.63, 3.8) is 0 Å². The van der Waals surface area contributed by atoms with Gasteiger partial charge < -0.3 is 14.3 Å². The molecule has 0 rings (SSSR count). The zero-order chi connectivity index (χ0) is 15.8. The first-order valence-corrected chi connectivity index (χ1v) is 10.7. The second-order valence-electron chi connectivity index (χ2n) is 6.03. The standard InChI is InChI=1S/C16H34O3Si/c1-7-11-15(14(6)16(18)13(5)12-17)19-20(8-2,9-3)10-4/h12-16,18H,7-11H2,1-6H3/t13-,14-,15-,16-/m1/s1. The average Bonchev–Trinajstić information content (AvgIpc) is 2.49. The Morgan fingerprint density at radius 3 is 1.95 bits per heavy atom. The molecule has 0 aliphatic carbocycles. The molecule has 0 amide bonds. The van der Waals surface area contributed by atoms with Crippen molar-refractivity contribution in [3.8, 4) is 0 Å². The van der Waals surface area contributed by atoms with Crippen LogP contribution in [-0.2, 0) is 9.22 Å². The fraction of sp³-hybridized carbons (Fsp3) is 0.938. The van der Waals surface area contributed by atoms with E-state index in [1.54, 1.807) is 6.92 Å². The van der Waals surface area contributed by atoms with Crippen molar-refractivity contribution in [3.05, 3.63) is 0 Å². The molecule has 1 N–H and O–H groups in total. The molecule has 4 atom stereocenters. The third kappa shape index (κ3) is 5.30. The van der Waals surface area contributed by atoms with Gasteiger partial charge in [0.15, 0.2) is 8.32 Å². The van der Waals surface area contributed by atoms with Crippen molar-refractivity contribution >= 4 is 14.6 Å². The number of aldehydes is 1. The van der Waals surface area contributed by atoms with Crippen LogP contribution < -0.4 is 0 Å². The first-order chi connectivity index (χ1) is 9.41. The molecule has 0 heterocycles. The smallest absolute Gasteiger partial charge is 0.192 e. The number of carbonyl (C=O) groups excluding carboxylic acids is 1. The van der Waals surface area contributed by atoms with Crippen LogP contribution in [0.2, 0.25) is 18.1 Å². The molecule has 0 aromatic carbocycles. The molecule has 0 radical (unpaired) electrons. The molecule has 0 saturated carbocycles. The van der Waals surface area contributed by atoms with Gasteiger partial charge in [-0.1, -0.05) is 48.0 Å². The first-order valence-electron chi connectivity index (χ1n) is 8.22. The molecule has 3 nitrogen and oxygen atoms in total. The maximum Gasteiger partial charge on any atom is 0.192 e. The van der Waals surface area contributed by atoms with Crippen LogP contribution in [0.25, 0.3) is 0 Å². The predicted octanol–water partition coefficient (Wildman–Crippen LogP) is 4.01. The monoisotopic (exact) mass is 302 g/mol. The number of hydrogen-bond acceptors (Lipinski definition) is 3. The van der Waals surface area contributed by atoms with Gasteiger partial charge in [0.2, 0.25) is 0 Å². The summed E-state index contributed by atoms with van der Waals surface area (Å²) in [5, 5.41) is 10.3. The highest BCUT2D eigenvalue weighted by Crippen LogP contribution is 2.29. The van der Waals surface area contributed by atoms with Crippen LogP contribution in [0.3, 0.4) is 0 Å². The molecular formula is C16H34O3Si. The molecule has 0 saturated heterocycles. The van der Waals surface area contributed by atoms with E-state index in [-0.39, 0.29) is 17.9 Å². The Morgan fingerprint density at radius 1 is 1.10 bits per heavy atom. The lowest BCUT2D eigenvalue weighted by atomic mass is 9.88. The maximum atomic E-state index is 10.9. The van der Waals surface area contributed by atoms with Gasteiger partial charge in [-0.25, -0.2) is 0 Å². The summed E-state index contributed by atoms with van der Waals surface area (Å²) in [6.45, 7) is 12.6. The summed E-state index contributed by atoms with van der Waals surface area (Å²) in [6.07, 6.45) is 2.30. The molecule has 0 aromatic rings. The van der Waals surface area contributed by atoms with E-state index in [0.29, 0.717) is 0 Å². The van der Waals surface area contributed by atoms with Gasteiger partial charge in [0.1, 0.15) is 6.29 Å². The van der Waals surface area contributed by atoms with E-state index in [4.69, 9.17) is 4.43 Å². The van der Waals surface area contributed by atoms with Crippen molar-refractivity contribution < 1.29 is 14.3 Å². The van der Waals surface area contributed by atoms with Crippen LogP contribution >= 0.6 is 0 Å². The molecule has 0 aromatic heterocycles. The lowest BCUT2D eigenvalue weighted by Crippen LogP contribution is -2.45. The van der Waals surface area contributed by atoms with E-state index >= 15 is 0 Å². The van der Waals surface area contributed by atoms with Gasteiger partial charge in [0.05, 0.1) is 12.2 Å². The number of aliphatic hydroxyl groups excluding tert-OH is 1. The molecule has 4 heteroatoms. The zero-order valence-corrected chi connectivity index (χ0v) is 15.2. The van der Waals surface area contributed by atoms with Gasteiger partial charge in [0.25, 0.3) is 0 Å². The van der Waals surface area contributed by atoms with Crippen molar-refractivity contribution in [2.75, 3.05) is 0 Å². The fourth-order valence-electron chi connectivity index (χ4n) is 2.81. The van der Waals surface area contributed by atoms with Gasteiger partial charge in [-0.2, -0.15) is 0 Å². The second-order valence-corrected chi connectivity index (χ2v) is 10.8. The Morgan fingerprint density at radius 2 is 1.60 bits per heavy atom. The molecule has 20 heavy (non-hydrogen) atoms. The summed E-state index contributed by atoms with van der Waals surface area (Å²) in [6, 6.07) is 3.35. The molecule has 0 spiro atoms. The minimum absolute atomic E-state index is 0.00618. The van der Waals surface area contributed by atoms with E-state index in [0.717, 1.165) is 37.3 Å². The van der Waals surface area contributed by atoms with E-state index < -0.39 is 14.4 Å². The topological polar surface area (TPSA) is 46.5 Å². The molecule has 0 bridgehead atoms. The molecular weight excluding hydrogens is 268 g/mol. The molecule has 0 unspecified atom stereocenters. The molecule has 0 fully saturated rings. The Kier molecular flexibility index (Phi) is 9.60. The summed E-state index contributed by atoms with van der Waals surface area (Å²) in [5.41, 5.74) is 0. The van der Waals surface area contributed by atoms with E-state index in [2.05, 4.69) is 27.7 Å². The van der Waals surface area contributed by atoms with Gasteiger partial charge >= 0.3 is 0 Å². The number of aliphatic hydroxyl groups is 1. The minimum atomic E-state index is -1.67. The van der Waals surface area contributed by atoms with Crippen molar-refractivity contribution in [1.29, 1.82) is 0 Å². The van der Waals surface area contributed by atoms with Crippen LogP contribution in [0.5, 0.6) is 0 Å². The lowest BCUT2D eigenvalue weighted by Gasteiger charge is -2.38. The second kappa shape index (κ2) is 9.69. The summed E-state index contributed by atoms with van der Waals surface area (Å²) >= 11 is 0. The SMILES string of the molecule is CCC[C@@H](O[Si](CC)(CC)CC)[C@@H](C)[C@H](O)[C@H](C)C=O. The van der Waals surface area contributed by atoms with Crippen LogP contribution in [0.1, 0.15) is 54.4 Å². The molecule has 0 aliphatic heterocycles.